The van der Waals surface area contributed by atoms with Crippen LogP contribution in [0.25, 0.3) is 0 Å². The van der Waals surface area contributed by atoms with Crippen molar-refractivity contribution < 1.29 is 14.2 Å². The van der Waals surface area contributed by atoms with Crippen LogP contribution >= 0.6 is 0 Å². The van der Waals surface area contributed by atoms with Crippen LogP contribution in [0.1, 0.15) is 18.4 Å². The second-order valence-electron chi connectivity index (χ2n) is 6.36. The summed E-state index contributed by atoms with van der Waals surface area (Å²) in [6.07, 6.45) is 1.99. The molecule has 2 fully saturated rings. The second-order valence-corrected chi connectivity index (χ2v) is 6.36. The molecule has 1 aliphatic carbocycles. The molecule has 5 heteroatoms. The molecule has 4 nitrogen and oxygen atoms in total. The van der Waals surface area contributed by atoms with Gasteiger partial charge in [0.1, 0.15) is 5.82 Å². The number of hydrogen-bond acceptors (Lipinski definition) is 4. The predicted octanol–water partition coefficient (Wildman–Crippen LogP) is 1.48. The Morgan fingerprint density at radius 3 is 2.77 bits per heavy atom. The van der Waals surface area contributed by atoms with E-state index >= 15 is 0 Å². The molecule has 1 aromatic rings. The smallest absolute Gasteiger partial charge is 0.123 e. The Labute approximate surface area is 131 Å². The van der Waals surface area contributed by atoms with Crippen LogP contribution in [-0.4, -0.2) is 66.4 Å². The number of morpholine rings is 1. The lowest BCUT2D eigenvalue weighted by molar-refractivity contribution is 0.00551. The molecule has 0 radical (unpaired) electrons. The zero-order chi connectivity index (χ0) is 15.4. The predicted molar refractivity (Wildman–Crippen MR) is 83.1 cm³/mol. The highest BCUT2D eigenvalue weighted by Crippen LogP contribution is 2.28. The summed E-state index contributed by atoms with van der Waals surface area (Å²) in [7, 11) is 0. The molecule has 3 rings (SSSR count). The molecule has 1 saturated heterocycles. The molecule has 0 spiro atoms. The lowest BCUT2D eigenvalue weighted by Gasteiger charge is -2.31. The molecule has 122 valence electrons. The van der Waals surface area contributed by atoms with Crippen LogP contribution in [0.5, 0.6) is 0 Å². The zero-order valence-corrected chi connectivity index (χ0v) is 13.0. The van der Waals surface area contributed by atoms with E-state index < -0.39 is 0 Å². The summed E-state index contributed by atoms with van der Waals surface area (Å²) >= 11 is 0. The summed E-state index contributed by atoms with van der Waals surface area (Å²) < 4.78 is 18.7. The van der Waals surface area contributed by atoms with Crippen molar-refractivity contribution in [2.24, 2.45) is 0 Å². The normalized spacial score (nSPS) is 21.2. The van der Waals surface area contributed by atoms with Gasteiger partial charge in [0.25, 0.3) is 0 Å². The molecule has 1 N–H and O–H groups in total. The molecule has 2 aliphatic rings. The van der Waals surface area contributed by atoms with Gasteiger partial charge < -0.3 is 9.84 Å². The van der Waals surface area contributed by atoms with E-state index in [2.05, 4.69) is 9.80 Å². The van der Waals surface area contributed by atoms with Crippen molar-refractivity contribution in [2.75, 3.05) is 39.4 Å². The standard InChI is InChI=1S/C17H25FN2O2/c18-15-3-1-2-14(10-15)11-20(16-4-5-16)13-17(21)12-19-6-8-22-9-7-19/h1-3,10,16-17,21H,4-9,11-13H2. The summed E-state index contributed by atoms with van der Waals surface area (Å²) in [4.78, 5) is 4.54. The van der Waals surface area contributed by atoms with Crippen molar-refractivity contribution in [3.63, 3.8) is 0 Å². The van der Waals surface area contributed by atoms with E-state index in [0.29, 0.717) is 25.7 Å². The number of aliphatic hydroxyl groups is 1. The maximum absolute atomic E-state index is 13.3. The van der Waals surface area contributed by atoms with Crippen molar-refractivity contribution in [1.29, 1.82) is 0 Å². The highest BCUT2D eigenvalue weighted by molar-refractivity contribution is 5.16. The van der Waals surface area contributed by atoms with Crippen molar-refractivity contribution in [2.45, 2.75) is 31.5 Å². The van der Waals surface area contributed by atoms with Gasteiger partial charge >= 0.3 is 0 Å². The van der Waals surface area contributed by atoms with Gasteiger partial charge in [0, 0.05) is 38.8 Å². The van der Waals surface area contributed by atoms with Gasteiger partial charge in [-0.2, -0.15) is 0 Å². The molecular weight excluding hydrogens is 283 g/mol. The van der Waals surface area contributed by atoms with E-state index in [1.165, 1.54) is 18.9 Å². The molecule has 1 aliphatic heterocycles. The molecule has 22 heavy (non-hydrogen) atoms. The SMILES string of the molecule is OC(CN1CCOCC1)CN(Cc1cccc(F)c1)C1CC1. The van der Waals surface area contributed by atoms with E-state index in [9.17, 15) is 9.50 Å². The van der Waals surface area contributed by atoms with Crippen molar-refractivity contribution >= 4 is 0 Å². The van der Waals surface area contributed by atoms with Gasteiger partial charge in [0.15, 0.2) is 0 Å². The topological polar surface area (TPSA) is 35.9 Å². The van der Waals surface area contributed by atoms with Crippen molar-refractivity contribution in [3.05, 3.63) is 35.6 Å². The Morgan fingerprint density at radius 1 is 1.32 bits per heavy atom. The molecule has 1 atom stereocenters. The highest BCUT2D eigenvalue weighted by Gasteiger charge is 2.30. The second kappa shape index (κ2) is 7.51. The fourth-order valence-corrected chi connectivity index (χ4v) is 3.06. The quantitative estimate of drug-likeness (QED) is 0.828. The number of benzene rings is 1. The molecule has 1 aromatic carbocycles. The first-order chi connectivity index (χ1) is 10.7. The molecule has 1 unspecified atom stereocenters. The van der Waals surface area contributed by atoms with Crippen LogP contribution in [0.4, 0.5) is 4.39 Å². The molecule has 0 aromatic heterocycles. The third-order valence-electron chi connectivity index (χ3n) is 4.36. The molecule has 0 amide bonds. The summed E-state index contributed by atoms with van der Waals surface area (Å²) in [5.74, 6) is -0.192. The van der Waals surface area contributed by atoms with E-state index in [1.54, 1.807) is 12.1 Å². The number of nitrogens with zero attached hydrogens (tertiary/aromatic N) is 2. The van der Waals surface area contributed by atoms with Gasteiger partial charge in [-0.1, -0.05) is 12.1 Å². The Hall–Kier alpha value is -1.01. The summed E-state index contributed by atoms with van der Waals surface area (Å²) in [6.45, 7) is 5.34. The first-order valence-electron chi connectivity index (χ1n) is 8.17. The number of β-amino-alcohol motifs (C(OH)–C–C–N with tert-alkyl or cyclic N) is 1. The lowest BCUT2D eigenvalue weighted by Crippen LogP contribution is -2.45. The van der Waals surface area contributed by atoms with E-state index in [0.717, 1.165) is 31.9 Å². The third-order valence-corrected chi connectivity index (χ3v) is 4.36. The van der Waals surface area contributed by atoms with Crippen LogP contribution in [0.15, 0.2) is 24.3 Å². The number of halogens is 1. The highest BCUT2D eigenvalue weighted by atomic mass is 19.1. The summed E-state index contributed by atoms with van der Waals surface area (Å²) in [5, 5.41) is 10.4. The van der Waals surface area contributed by atoms with Gasteiger partial charge in [0.05, 0.1) is 19.3 Å². The van der Waals surface area contributed by atoms with Crippen molar-refractivity contribution in [1.82, 2.24) is 9.80 Å². The first-order valence-corrected chi connectivity index (χ1v) is 8.17. The van der Waals surface area contributed by atoms with Gasteiger partial charge in [-0.3, -0.25) is 9.80 Å². The van der Waals surface area contributed by atoms with Gasteiger partial charge in [-0.25, -0.2) is 4.39 Å². The number of rotatable bonds is 7. The van der Waals surface area contributed by atoms with Crippen molar-refractivity contribution in [3.8, 4) is 0 Å². The Balaban J connectivity index is 1.52. The minimum absolute atomic E-state index is 0.192. The summed E-state index contributed by atoms with van der Waals surface area (Å²) in [5.41, 5.74) is 0.977. The Morgan fingerprint density at radius 2 is 2.09 bits per heavy atom. The molecule has 0 bridgehead atoms. The van der Waals surface area contributed by atoms with Gasteiger partial charge in [-0.15, -0.1) is 0 Å². The minimum Gasteiger partial charge on any atom is -0.390 e. The van der Waals surface area contributed by atoms with E-state index in [1.807, 2.05) is 6.07 Å². The minimum atomic E-state index is -0.368. The fourth-order valence-electron chi connectivity index (χ4n) is 3.06. The number of hydrogen-bond donors (Lipinski definition) is 1. The van der Waals surface area contributed by atoms with Crippen LogP contribution in [-0.2, 0) is 11.3 Å². The number of ether oxygens (including phenoxy) is 1. The van der Waals surface area contributed by atoms with Gasteiger partial charge in [0.2, 0.25) is 0 Å². The summed E-state index contributed by atoms with van der Waals surface area (Å²) in [6, 6.07) is 7.30. The van der Waals surface area contributed by atoms with Gasteiger partial charge in [-0.05, 0) is 30.5 Å². The van der Waals surface area contributed by atoms with Crippen LogP contribution in [0, 0.1) is 5.82 Å². The average molecular weight is 308 g/mol. The Kier molecular flexibility index (Phi) is 5.41. The average Bonchev–Trinajstić information content (AvgIpc) is 3.32. The third kappa shape index (κ3) is 4.74. The van der Waals surface area contributed by atoms with Crippen LogP contribution < -0.4 is 0 Å². The first kappa shape index (κ1) is 15.9. The molecule has 1 saturated carbocycles. The number of aliphatic hydroxyl groups excluding tert-OH is 1. The maximum atomic E-state index is 13.3. The largest absolute Gasteiger partial charge is 0.390 e. The van der Waals surface area contributed by atoms with Crippen LogP contribution in [0.2, 0.25) is 0 Å². The monoisotopic (exact) mass is 308 g/mol. The van der Waals surface area contributed by atoms with E-state index in [-0.39, 0.29) is 11.9 Å². The fraction of sp³-hybridized carbons (Fsp3) is 0.647. The van der Waals surface area contributed by atoms with Crippen LogP contribution in [0.3, 0.4) is 0 Å². The lowest BCUT2D eigenvalue weighted by atomic mass is 10.2. The zero-order valence-electron chi connectivity index (χ0n) is 13.0. The Bertz CT molecular complexity index is 475. The van der Waals surface area contributed by atoms with E-state index in [4.69, 9.17) is 4.74 Å². The molecular formula is C17H25FN2O2. The maximum Gasteiger partial charge on any atom is 0.123 e. The molecule has 1 heterocycles.